The molecule has 188 valence electrons. The number of amides is 1. The third kappa shape index (κ3) is 4.70. The van der Waals surface area contributed by atoms with Gasteiger partial charge in [-0.3, -0.25) is 9.52 Å². The van der Waals surface area contributed by atoms with Crippen LogP contribution >= 0.6 is 11.6 Å². The van der Waals surface area contributed by atoms with E-state index in [1.807, 2.05) is 4.72 Å². The lowest BCUT2D eigenvalue weighted by atomic mass is 10.0. The summed E-state index contributed by atoms with van der Waals surface area (Å²) < 4.78 is 63.9. The van der Waals surface area contributed by atoms with E-state index in [2.05, 4.69) is 0 Å². The van der Waals surface area contributed by atoms with Gasteiger partial charge in [0.2, 0.25) is 0 Å². The van der Waals surface area contributed by atoms with E-state index in [1.54, 1.807) is 24.3 Å². The predicted molar refractivity (Wildman–Crippen MR) is 130 cm³/mol. The highest BCUT2D eigenvalue weighted by atomic mass is 35.5. The summed E-state index contributed by atoms with van der Waals surface area (Å²) >= 11 is 6.09. The Balaban J connectivity index is 1.69. The molecule has 0 radical (unpaired) electrons. The minimum Gasteiger partial charge on any atom is -0.505 e. The third-order valence-electron chi connectivity index (χ3n) is 6.12. The summed E-state index contributed by atoms with van der Waals surface area (Å²) in [6.45, 7) is 0.670. The van der Waals surface area contributed by atoms with Crippen LogP contribution in [0.3, 0.4) is 0 Å². The monoisotopic (exact) mass is 534 g/mol. The molecule has 2 aliphatic rings. The smallest absolute Gasteiger partial charge is 0.265 e. The topological polar surface area (TPSA) is 95.9 Å². The number of sulfonamides is 1. The number of aromatic hydroxyl groups is 1. The van der Waals surface area contributed by atoms with Gasteiger partial charge in [-0.1, -0.05) is 29.8 Å². The maximum Gasteiger partial charge on any atom is 0.265 e. The number of hydrogen-bond acceptors (Lipinski definition) is 5. The van der Waals surface area contributed by atoms with E-state index in [0.29, 0.717) is 18.5 Å². The second-order valence-electron chi connectivity index (χ2n) is 8.76. The average Bonchev–Trinajstić information content (AvgIpc) is 3.65. The summed E-state index contributed by atoms with van der Waals surface area (Å²) in [5.41, 5.74) is -0.439. The summed E-state index contributed by atoms with van der Waals surface area (Å²) in [5.74, 6) is -2.78. The summed E-state index contributed by atoms with van der Waals surface area (Å²) in [6.07, 6.45) is 1.93. The van der Waals surface area contributed by atoms with Crippen molar-refractivity contribution in [2.75, 3.05) is 24.4 Å². The zero-order valence-corrected chi connectivity index (χ0v) is 20.4. The average molecular weight is 535 g/mol. The molecule has 0 saturated heterocycles. The minimum absolute atomic E-state index is 0.0608. The lowest BCUT2D eigenvalue weighted by Gasteiger charge is -2.24. The van der Waals surface area contributed by atoms with Gasteiger partial charge in [0, 0.05) is 29.3 Å². The molecule has 0 unspecified atom stereocenters. The molecule has 0 aromatic heterocycles. The third-order valence-corrected chi connectivity index (χ3v) is 7.79. The van der Waals surface area contributed by atoms with Crippen LogP contribution < -0.4 is 9.46 Å². The van der Waals surface area contributed by atoms with E-state index in [-0.39, 0.29) is 40.6 Å². The molecule has 11 heteroatoms. The van der Waals surface area contributed by atoms with Gasteiger partial charge in [-0.25, -0.2) is 17.2 Å². The Morgan fingerprint density at radius 1 is 1.08 bits per heavy atom. The number of halogens is 3. The van der Waals surface area contributed by atoms with Crippen molar-refractivity contribution >= 4 is 33.2 Å². The van der Waals surface area contributed by atoms with Crippen LogP contribution in [0.15, 0.2) is 53.4 Å². The SMILES string of the molecule is O=C1c2cc(Cl)c(O)c(c2)S(=O)(=O)Nc2cc(c(F)cc2F)-c2ccccc2OCCN1CC1CC1. The Morgan fingerprint density at radius 2 is 1.83 bits per heavy atom. The van der Waals surface area contributed by atoms with Gasteiger partial charge in [0.15, 0.2) is 5.75 Å². The number of hydrogen-bond donors (Lipinski definition) is 2. The van der Waals surface area contributed by atoms with Gasteiger partial charge in [-0.2, -0.15) is 0 Å². The predicted octanol–water partition coefficient (Wildman–Crippen LogP) is 5.04. The first-order chi connectivity index (χ1) is 17.1. The fraction of sp³-hybridized carbons (Fsp3) is 0.240. The van der Waals surface area contributed by atoms with Gasteiger partial charge >= 0.3 is 0 Å². The van der Waals surface area contributed by atoms with Crippen molar-refractivity contribution in [3.05, 3.63) is 70.8 Å². The first-order valence-corrected chi connectivity index (χ1v) is 13.1. The van der Waals surface area contributed by atoms with Gasteiger partial charge < -0.3 is 14.7 Å². The molecule has 0 atom stereocenters. The maximum atomic E-state index is 14.8. The summed E-state index contributed by atoms with van der Waals surface area (Å²) in [6, 6.07) is 10.2. The van der Waals surface area contributed by atoms with Crippen LogP contribution in [0.25, 0.3) is 11.1 Å². The Bertz CT molecular complexity index is 1480. The van der Waals surface area contributed by atoms with Gasteiger partial charge in [-0.15, -0.1) is 0 Å². The van der Waals surface area contributed by atoms with Crippen LogP contribution in [0.5, 0.6) is 11.5 Å². The van der Waals surface area contributed by atoms with Crippen LogP contribution in [0, 0.1) is 17.6 Å². The van der Waals surface area contributed by atoms with E-state index >= 15 is 0 Å². The van der Waals surface area contributed by atoms with Crippen molar-refractivity contribution in [3.63, 3.8) is 0 Å². The van der Waals surface area contributed by atoms with E-state index in [0.717, 1.165) is 25.0 Å². The second-order valence-corrected chi connectivity index (χ2v) is 10.8. The molecule has 3 aromatic rings. The Kier molecular flexibility index (Phi) is 6.25. The lowest BCUT2D eigenvalue weighted by Crippen LogP contribution is -2.36. The van der Waals surface area contributed by atoms with E-state index in [1.165, 1.54) is 11.0 Å². The molecule has 7 nitrogen and oxygen atoms in total. The zero-order chi connectivity index (χ0) is 25.6. The van der Waals surface area contributed by atoms with Crippen molar-refractivity contribution in [1.82, 2.24) is 4.90 Å². The minimum atomic E-state index is -4.64. The van der Waals surface area contributed by atoms with Crippen molar-refractivity contribution in [2.45, 2.75) is 17.7 Å². The number of anilines is 1. The highest BCUT2D eigenvalue weighted by molar-refractivity contribution is 7.92. The summed E-state index contributed by atoms with van der Waals surface area (Å²) in [4.78, 5) is 14.2. The number of ether oxygens (including phenoxy) is 1. The molecule has 5 rings (SSSR count). The Morgan fingerprint density at radius 3 is 2.58 bits per heavy atom. The normalized spacial score (nSPS) is 17.3. The molecule has 1 aliphatic heterocycles. The second kappa shape index (κ2) is 9.25. The van der Waals surface area contributed by atoms with Crippen LogP contribution in [0.1, 0.15) is 23.2 Å². The van der Waals surface area contributed by atoms with Gasteiger partial charge in [0.05, 0.1) is 17.3 Å². The molecular weight excluding hydrogens is 514 g/mol. The lowest BCUT2D eigenvalue weighted by molar-refractivity contribution is 0.0721. The number of carbonyl (C=O) groups is 1. The van der Waals surface area contributed by atoms with Crippen molar-refractivity contribution in [1.29, 1.82) is 0 Å². The van der Waals surface area contributed by atoms with Crippen molar-refractivity contribution in [2.24, 2.45) is 5.92 Å². The molecular formula is C25H21ClF2N2O5S. The van der Waals surface area contributed by atoms with E-state index in [4.69, 9.17) is 16.3 Å². The number of benzene rings is 3. The number of phenolic OH excluding ortho intramolecular Hbond substituents is 1. The fourth-order valence-electron chi connectivity index (χ4n) is 4.09. The molecule has 36 heavy (non-hydrogen) atoms. The number of rotatable bonds is 2. The Labute approximate surface area is 211 Å². The molecule has 1 saturated carbocycles. The molecule has 3 aromatic carbocycles. The maximum absolute atomic E-state index is 14.8. The van der Waals surface area contributed by atoms with Crippen LogP contribution in [-0.2, 0) is 10.0 Å². The van der Waals surface area contributed by atoms with Crippen LogP contribution in [0.2, 0.25) is 5.02 Å². The van der Waals surface area contributed by atoms with Crippen molar-refractivity contribution in [3.8, 4) is 22.6 Å². The molecule has 4 bridgehead atoms. The molecule has 0 spiro atoms. The summed E-state index contributed by atoms with van der Waals surface area (Å²) in [5, 5.41) is 10.1. The van der Waals surface area contributed by atoms with Crippen molar-refractivity contribution < 1.29 is 31.8 Å². The Hall–Kier alpha value is -3.37. The first kappa shape index (κ1) is 24.3. The van der Waals surface area contributed by atoms with E-state index < -0.39 is 43.9 Å². The molecule has 1 fully saturated rings. The molecule has 1 amide bonds. The number of nitrogens with one attached hydrogen (secondary N) is 1. The largest absolute Gasteiger partial charge is 0.505 e. The highest BCUT2D eigenvalue weighted by Crippen LogP contribution is 2.38. The van der Waals surface area contributed by atoms with Gasteiger partial charge in [0.25, 0.3) is 15.9 Å². The number of fused-ring (bicyclic) bond motifs is 6. The van der Waals surface area contributed by atoms with E-state index in [9.17, 15) is 27.1 Å². The quantitative estimate of drug-likeness (QED) is 0.480. The highest BCUT2D eigenvalue weighted by Gasteiger charge is 2.30. The standard InChI is InChI=1S/C25H21ClF2N2O5S/c26-18-9-15-10-23(24(18)31)36(33,34)29-21-11-17(19(27)12-20(21)28)16-3-1-2-4-22(16)35-8-7-30(25(15)32)13-14-5-6-14/h1-4,9-12,14,29,31H,5-8,13H2. The van der Waals surface area contributed by atoms with Gasteiger partial charge in [0.1, 0.15) is 28.9 Å². The molecule has 2 N–H and O–H groups in total. The summed E-state index contributed by atoms with van der Waals surface area (Å²) in [7, 11) is -4.64. The fourth-order valence-corrected chi connectivity index (χ4v) is 5.56. The number of carbonyl (C=O) groups excluding carboxylic acids is 1. The van der Waals surface area contributed by atoms with Crippen LogP contribution in [-0.4, -0.2) is 44.0 Å². The zero-order valence-electron chi connectivity index (χ0n) is 18.8. The molecule has 1 aliphatic carbocycles. The number of phenols is 1. The van der Waals surface area contributed by atoms with Crippen LogP contribution in [0.4, 0.5) is 14.5 Å². The number of nitrogens with zero attached hydrogens (tertiary/aromatic N) is 1. The first-order valence-electron chi connectivity index (χ1n) is 11.2. The van der Waals surface area contributed by atoms with Gasteiger partial charge in [-0.05, 0) is 43.0 Å². The number of para-hydroxylation sites is 1. The molecule has 1 heterocycles.